The number of hydrogen-bond donors (Lipinski definition) is 1. The number of unbranched alkanes of at least 4 members (excludes halogenated alkanes) is 2. The maximum atomic E-state index is 5.77. The molecule has 1 aromatic carbocycles. The van der Waals surface area contributed by atoms with Crippen LogP contribution in [0.4, 0.5) is 0 Å². The van der Waals surface area contributed by atoms with Crippen molar-refractivity contribution in [2.24, 2.45) is 5.92 Å². The molecule has 0 aliphatic heterocycles. The molecule has 0 fully saturated rings. The Morgan fingerprint density at radius 3 is 2.25 bits per heavy atom. The van der Waals surface area contributed by atoms with Gasteiger partial charge in [0.15, 0.2) is 0 Å². The van der Waals surface area contributed by atoms with Gasteiger partial charge in [-0.1, -0.05) is 39.8 Å². The van der Waals surface area contributed by atoms with E-state index >= 15 is 0 Å². The number of rotatable bonds is 10. The lowest BCUT2D eigenvalue weighted by atomic mass is 10.0. The third-order valence-corrected chi connectivity index (χ3v) is 3.37. The van der Waals surface area contributed by atoms with E-state index in [1.165, 1.54) is 18.4 Å². The van der Waals surface area contributed by atoms with Crippen LogP contribution in [0.2, 0.25) is 0 Å². The van der Waals surface area contributed by atoms with Gasteiger partial charge in [0, 0.05) is 0 Å². The van der Waals surface area contributed by atoms with Crippen LogP contribution in [0.5, 0.6) is 5.75 Å². The molecule has 0 aromatic heterocycles. The van der Waals surface area contributed by atoms with Crippen LogP contribution in [0, 0.1) is 5.92 Å². The van der Waals surface area contributed by atoms with Gasteiger partial charge in [-0.15, -0.1) is 0 Å². The van der Waals surface area contributed by atoms with E-state index in [2.05, 4.69) is 57.3 Å². The van der Waals surface area contributed by atoms with E-state index in [1.54, 1.807) is 0 Å². The minimum atomic E-state index is 0.586. The third kappa shape index (κ3) is 7.54. The Labute approximate surface area is 124 Å². The van der Waals surface area contributed by atoms with Gasteiger partial charge in [0.25, 0.3) is 0 Å². The van der Waals surface area contributed by atoms with Crippen molar-refractivity contribution in [3.8, 4) is 5.75 Å². The average molecular weight is 277 g/mol. The smallest absolute Gasteiger partial charge is 0.119 e. The van der Waals surface area contributed by atoms with Crippen LogP contribution in [0.3, 0.4) is 0 Å². The first-order valence-electron chi connectivity index (χ1n) is 8.03. The van der Waals surface area contributed by atoms with E-state index in [-0.39, 0.29) is 0 Å². The molecular weight excluding hydrogens is 246 g/mol. The van der Waals surface area contributed by atoms with Crippen molar-refractivity contribution in [1.82, 2.24) is 5.32 Å². The summed E-state index contributed by atoms with van der Waals surface area (Å²) in [5, 5.41) is 3.47. The zero-order valence-electron chi connectivity index (χ0n) is 13.6. The molecule has 0 heterocycles. The molecule has 0 radical (unpaired) electrons. The molecule has 0 aliphatic rings. The monoisotopic (exact) mass is 277 g/mol. The number of nitrogens with one attached hydrogen (secondary N) is 1. The minimum Gasteiger partial charge on any atom is -0.494 e. The minimum absolute atomic E-state index is 0.586. The number of benzene rings is 1. The summed E-state index contributed by atoms with van der Waals surface area (Å²) >= 11 is 0. The third-order valence-electron chi connectivity index (χ3n) is 3.37. The van der Waals surface area contributed by atoms with Gasteiger partial charge in [-0.3, -0.25) is 0 Å². The summed E-state index contributed by atoms with van der Waals surface area (Å²) in [6, 6.07) is 8.49. The summed E-state index contributed by atoms with van der Waals surface area (Å²) < 4.78 is 5.77. The second-order valence-electron chi connectivity index (χ2n) is 6.23. The molecule has 1 rings (SSSR count). The molecule has 0 amide bonds. The van der Waals surface area contributed by atoms with Gasteiger partial charge in [-0.05, 0) is 61.9 Å². The summed E-state index contributed by atoms with van der Waals surface area (Å²) in [5.74, 6) is 2.32. The van der Waals surface area contributed by atoms with Gasteiger partial charge in [0.05, 0.1) is 6.61 Å². The highest BCUT2D eigenvalue weighted by molar-refractivity contribution is 5.28. The normalized spacial score (nSPS) is 11.3. The molecular formula is C18H31NO. The predicted molar refractivity (Wildman–Crippen MR) is 87.6 cm³/mol. The molecule has 20 heavy (non-hydrogen) atoms. The highest BCUT2D eigenvalue weighted by atomic mass is 16.5. The van der Waals surface area contributed by atoms with Crippen LogP contribution >= 0.6 is 0 Å². The largest absolute Gasteiger partial charge is 0.494 e. The summed E-state index contributed by atoms with van der Waals surface area (Å²) in [6.45, 7) is 12.0. The Balaban J connectivity index is 2.03. The molecule has 1 aromatic rings. The van der Waals surface area contributed by atoms with Crippen molar-refractivity contribution in [3.63, 3.8) is 0 Å². The first-order valence-corrected chi connectivity index (χ1v) is 8.03. The van der Waals surface area contributed by atoms with Crippen molar-refractivity contribution in [2.45, 2.75) is 52.9 Å². The van der Waals surface area contributed by atoms with E-state index in [0.29, 0.717) is 5.92 Å². The van der Waals surface area contributed by atoms with Gasteiger partial charge in [0.2, 0.25) is 0 Å². The van der Waals surface area contributed by atoms with Gasteiger partial charge < -0.3 is 10.1 Å². The zero-order valence-corrected chi connectivity index (χ0v) is 13.6. The van der Waals surface area contributed by atoms with Crippen molar-refractivity contribution < 1.29 is 4.74 Å². The molecule has 0 saturated heterocycles. The topological polar surface area (TPSA) is 21.3 Å². The summed E-state index contributed by atoms with van der Waals surface area (Å²) in [7, 11) is 0. The first-order chi connectivity index (χ1) is 9.59. The molecule has 0 saturated carbocycles. The fraction of sp³-hybridized carbons (Fsp3) is 0.667. The van der Waals surface area contributed by atoms with Crippen molar-refractivity contribution in [2.75, 3.05) is 19.7 Å². The lowest BCUT2D eigenvalue weighted by Crippen LogP contribution is -2.20. The average Bonchev–Trinajstić information content (AvgIpc) is 2.42. The molecule has 0 bridgehead atoms. The molecule has 0 unspecified atom stereocenters. The highest BCUT2D eigenvalue weighted by Crippen LogP contribution is 2.18. The zero-order chi connectivity index (χ0) is 14.8. The van der Waals surface area contributed by atoms with Gasteiger partial charge in [0.1, 0.15) is 5.75 Å². The van der Waals surface area contributed by atoms with Gasteiger partial charge in [-0.2, -0.15) is 0 Å². The summed E-state index contributed by atoms with van der Waals surface area (Å²) in [4.78, 5) is 0. The highest BCUT2D eigenvalue weighted by Gasteiger charge is 1.99. The lowest BCUT2D eigenvalue weighted by molar-refractivity contribution is 0.304. The Morgan fingerprint density at radius 2 is 1.65 bits per heavy atom. The van der Waals surface area contributed by atoms with E-state index in [0.717, 1.165) is 37.8 Å². The Kier molecular flexibility index (Phi) is 8.36. The van der Waals surface area contributed by atoms with Crippen molar-refractivity contribution >= 4 is 0 Å². The Hall–Kier alpha value is -1.02. The van der Waals surface area contributed by atoms with Crippen molar-refractivity contribution in [1.29, 1.82) is 0 Å². The fourth-order valence-corrected chi connectivity index (χ4v) is 2.06. The van der Waals surface area contributed by atoms with Crippen LogP contribution in [0.1, 0.15) is 58.4 Å². The lowest BCUT2D eigenvalue weighted by Gasteiger charge is -2.09. The number of hydrogen-bond acceptors (Lipinski definition) is 2. The number of ether oxygens (including phenoxy) is 1. The van der Waals surface area contributed by atoms with Crippen LogP contribution in [-0.4, -0.2) is 19.7 Å². The predicted octanol–water partition coefficient (Wildman–Crippen LogP) is 4.60. The van der Waals surface area contributed by atoms with Gasteiger partial charge >= 0.3 is 0 Å². The quantitative estimate of drug-likeness (QED) is 0.631. The van der Waals surface area contributed by atoms with Crippen LogP contribution in [0.15, 0.2) is 24.3 Å². The van der Waals surface area contributed by atoms with Gasteiger partial charge in [-0.25, -0.2) is 0 Å². The van der Waals surface area contributed by atoms with E-state index < -0.39 is 0 Å². The van der Waals surface area contributed by atoms with Crippen molar-refractivity contribution in [3.05, 3.63) is 29.8 Å². The van der Waals surface area contributed by atoms with Crippen LogP contribution in [-0.2, 0) is 0 Å². The summed E-state index contributed by atoms with van der Waals surface area (Å²) in [6.07, 6.45) is 3.60. The van der Waals surface area contributed by atoms with E-state index in [4.69, 9.17) is 4.74 Å². The van der Waals surface area contributed by atoms with Crippen LogP contribution < -0.4 is 10.1 Å². The van der Waals surface area contributed by atoms with Crippen LogP contribution in [0.25, 0.3) is 0 Å². The summed E-state index contributed by atoms with van der Waals surface area (Å²) in [5.41, 5.74) is 1.37. The molecule has 114 valence electrons. The molecule has 2 heteroatoms. The van der Waals surface area contributed by atoms with E-state index in [9.17, 15) is 0 Å². The molecule has 1 N–H and O–H groups in total. The second kappa shape index (κ2) is 9.82. The SMILES string of the molecule is CC(C)CNCCCCCOc1ccc(C(C)C)cc1. The second-order valence-corrected chi connectivity index (χ2v) is 6.23. The Morgan fingerprint density at radius 1 is 0.950 bits per heavy atom. The molecule has 0 aliphatic carbocycles. The standard InChI is InChI=1S/C18H31NO/c1-15(2)14-19-12-6-5-7-13-20-18-10-8-17(9-11-18)16(3)4/h8-11,15-16,19H,5-7,12-14H2,1-4H3. The Bertz CT molecular complexity index is 343. The maximum absolute atomic E-state index is 5.77. The fourth-order valence-electron chi connectivity index (χ4n) is 2.06. The molecule has 2 nitrogen and oxygen atoms in total. The first kappa shape index (κ1) is 17.0. The molecule has 0 atom stereocenters. The maximum Gasteiger partial charge on any atom is 0.119 e. The molecule has 0 spiro atoms. The van der Waals surface area contributed by atoms with E-state index in [1.807, 2.05) is 0 Å².